The van der Waals surface area contributed by atoms with Gasteiger partial charge in [0.1, 0.15) is 0 Å². The van der Waals surface area contributed by atoms with Crippen molar-refractivity contribution in [1.29, 1.82) is 0 Å². The maximum atomic E-state index is 13.7. The molecule has 5 rings (SSSR count). The molecule has 1 saturated carbocycles. The number of hydrazone groups is 1. The van der Waals surface area contributed by atoms with Gasteiger partial charge in [0, 0.05) is 43.0 Å². The molecule has 2 amide bonds. The molecule has 0 bridgehead atoms. The first kappa shape index (κ1) is 27.2. The van der Waals surface area contributed by atoms with Gasteiger partial charge in [0.15, 0.2) is 11.5 Å². The van der Waals surface area contributed by atoms with E-state index in [2.05, 4.69) is 0 Å². The van der Waals surface area contributed by atoms with Crippen molar-refractivity contribution in [2.75, 3.05) is 27.3 Å². The summed E-state index contributed by atoms with van der Waals surface area (Å²) < 4.78 is 11.0. The van der Waals surface area contributed by atoms with Crippen LogP contribution in [0.25, 0.3) is 0 Å². The minimum Gasteiger partial charge on any atom is -0.493 e. The van der Waals surface area contributed by atoms with E-state index in [1.54, 1.807) is 19.2 Å². The quantitative estimate of drug-likeness (QED) is 0.554. The van der Waals surface area contributed by atoms with E-state index in [4.69, 9.17) is 20.3 Å². The second-order valence-corrected chi connectivity index (χ2v) is 11.0. The van der Waals surface area contributed by atoms with Crippen LogP contribution in [0.2, 0.25) is 0 Å². The van der Waals surface area contributed by atoms with Crippen molar-refractivity contribution in [3.05, 3.63) is 59.7 Å². The summed E-state index contributed by atoms with van der Waals surface area (Å²) >= 11 is 0. The topological polar surface area (TPSA) is 97.5 Å². The van der Waals surface area contributed by atoms with Crippen molar-refractivity contribution in [3.8, 4) is 11.5 Å². The molecule has 2 aromatic carbocycles. The van der Waals surface area contributed by atoms with Gasteiger partial charge < -0.3 is 20.1 Å². The van der Waals surface area contributed by atoms with E-state index in [-0.39, 0.29) is 35.7 Å². The molecule has 0 spiro atoms. The molecule has 0 unspecified atom stereocenters. The molecule has 0 aromatic heterocycles. The van der Waals surface area contributed by atoms with Gasteiger partial charge in [-0.15, -0.1) is 0 Å². The number of carbonyl (C=O) groups excluding carboxylic acids is 2. The van der Waals surface area contributed by atoms with Crippen LogP contribution >= 0.6 is 0 Å². The Morgan fingerprint density at radius 1 is 0.974 bits per heavy atom. The van der Waals surface area contributed by atoms with Crippen molar-refractivity contribution in [2.45, 2.75) is 63.5 Å². The van der Waals surface area contributed by atoms with Gasteiger partial charge >= 0.3 is 0 Å². The van der Waals surface area contributed by atoms with Gasteiger partial charge in [-0.25, -0.2) is 5.01 Å². The third kappa shape index (κ3) is 5.96. The lowest BCUT2D eigenvalue weighted by Crippen LogP contribution is -2.53. The molecule has 1 aliphatic carbocycles. The highest BCUT2D eigenvalue weighted by Gasteiger charge is 2.44. The zero-order valence-corrected chi connectivity index (χ0v) is 23.1. The van der Waals surface area contributed by atoms with Gasteiger partial charge in [-0.1, -0.05) is 43.2 Å². The summed E-state index contributed by atoms with van der Waals surface area (Å²) in [5.41, 5.74) is 9.39. The molecule has 8 heteroatoms. The number of amides is 2. The Labute approximate surface area is 231 Å². The molecular formula is C31H40N4O4. The second kappa shape index (κ2) is 12.2. The predicted molar refractivity (Wildman–Crippen MR) is 151 cm³/mol. The number of fused-ring (bicyclic) bond motifs is 1. The molecule has 2 N–H and O–H groups in total. The Morgan fingerprint density at radius 3 is 2.36 bits per heavy atom. The third-order valence-electron chi connectivity index (χ3n) is 8.50. The fourth-order valence-electron chi connectivity index (χ4n) is 6.39. The zero-order chi connectivity index (χ0) is 27.4. The highest BCUT2D eigenvalue weighted by Crippen LogP contribution is 2.40. The number of nitrogens with zero attached hydrogens (tertiary/aromatic N) is 3. The molecule has 3 atom stereocenters. The van der Waals surface area contributed by atoms with Crippen LogP contribution in [0.5, 0.6) is 11.5 Å². The number of methoxy groups -OCH3 is 2. The summed E-state index contributed by atoms with van der Waals surface area (Å²) in [7, 11) is 3.26. The lowest BCUT2D eigenvalue weighted by atomic mass is 9.73. The van der Waals surface area contributed by atoms with E-state index in [1.807, 2.05) is 53.4 Å². The maximum absolute atomic E-state index is 13.7. The van der Waals surface area contributed by atoms with Crippen molar-refractivity contribution < 1.29 is 19.1 Å². The lowest BCUT2D eigenvalue weighted by molar-refractivity contribution is -0.143. The maximum Gasteiger partial charge on any atom is 0.246 e. The normalized spacial score (nSPS) is 22.6. The van der Waals surface area contributed by atoms with E-state index in [9.17, 15) is 9.59 Å². The minimum absolute atomic E-state index is 0.0161. The molecule has 2 aromatic rings. The molecule has 0 radical (unpaired) electrons. The number of likely N-dealkylation sites (tertiary alicyclic amines) is 1. The number of ether oxygens (including phenoxy) is 2. The number of hydrogen-bond acceptors (Lipinski definition) is 6. The molecule has 2 heterocycles. The predicted octanol–water partition coefficient (Wildman–Crippen LogP) is 4.01. The molecular weight excluding hydrogens is 492 g/mol. The summed E-state index contributed by atoms with van der Waals surface area (Å²) in [5.74, 6) is 1.63. The minimum atomic E-state index is -0.210. The van der Waals surface area contributed by atoms with Gasteiger partial charge in [-0.05, 0) is 55.9 Å². The summed E-state index contributed by atoms with van der Waals surface area (Å²) in [4.78, 5) is 28.6. The van der Waals surface area contributed by atoms with Crippen molar-refractivity contribution in [1.82, 2.24) is 9.91 Å². The fourth-order valence-corrected chi connectivity index (χ4v) is 6.39. The van der Waals surface area contributed by atoms with Crippen molar-refractivity contribution in [3.63, 3.8) is 0 Å². The standard InChI is InChI=1S/C31H40N4O4/c1-38-27-13-12-22(19-28(27)39-2)30-25-10-6-7-11-26(25)31(37)35(33-30)24-14-16-34(17-15-24)29(36)20-23(32)18-21-8-4-3-5-9-21/h3-5,8-9,12-13,19,23-26H,6-7,10-11,14-18,20,32H2,1-2H3/t23-,25+,26-/m1/s1. The van der Waals surface area contributed by atoms with Crippen LogP contribution in [-0.4, -0.2) is 66.8 Å². The van der Waals surface area contributed by atoms with E-state index in [0.29, 0.717) is 50.3 Å². The first-order valence-corrected chi connectivity index (χ1v) is 14.2. The summed E-state index contributed by atoms with van der Waals surface area (Å²) in [5, 5.41) is 6.77. The molecule has 8 nitrogen and oxygen atoms in total. The van der Waals surface area contributed by atoms with Crippen molar-refractivity contribution in [2.24, 2.45) is 22.7 Å². The molecule has 208 valence electrons. The number of rotatable bonds is 8. The number of carbonyl (C=O) groups is 2. The van der Waals surface area contributed by atoms with E-state index in [1.165, 1.54) is 0 Å². The SMILES string of the molecule is COc1ccc(C2=NN(C3CCN(C(=O)C[C@H](N)Cc4ccccc4)CC3)C(=O)[C@@H]3CCCC[C@H]23)cc1OC. The Hall–Kier alpha value is -3.39. The summed E-state index contributed by atoms with van der Waals surface area (Å²) in [6.45, 7) is 1.22. The van der Waals surface area contributed by atoms with Crippen LogP contribution in [0.15, 0.2) is 53.6 Å². The number of benzene rings is 2. The second-order valence-electron chi connectivity index (χ2n) is 11.0. The number of piperidine rings is 1. The lowest BCUT2D eigenvalue weighted by Gasteiger charge is -2.43. The molecule has 1 saturated heterocycles. The summed E-state index contributed by atoms with van der Waals surface area (Å²) in [6.07, 6.45) is 6.46. The highest BCUT2D eigenvalue weighted by atomic mass is 16.5. The third-order valence-corrected chi connectivity index (χ3v) is 8.50. The zero-order valence-electron chi connectivity index (χ0n) is 23.1. The van der Waals surface area contributed by atoms with Gasteiger partial charge in [0.05, 0.1) is 26.0 Å². The van der Waals surface area contributed by atoms with Crippen LogP contribution in [0.1, 0.15) is 56.1 Å². The Morgan fingerprint density at radius 2 is 1.67 bits per heavy atom. The monoisotopic (exact) mass is 532 g/mol. The van der Waals surface area contributed by atoms with Gasteiger partial charge in [-0.2, -0.15) is 5.10 Å². The van der Waals surface area contributed by atoms with Gasteiger partial charge in [0.25, 0.3) is 0 Å². The van der Waals surface area contributed by atoms with Crippen LogP contribution < -0.4 is 15.2 Å². The largest absolute Gasteiger partial charge is 0.493 e. The fraction of sp³-hybridized carbons (Fsp3) is 0.516. The molecule has 2 aliphatic heterocycles. The van der Waals surface area contributed by atoms with Crippen LogP contribution in [0, 0.1) is 11.8 Å². The van der Waals surface area contributed by atoms with Crippen LogP contribution in [-0.2, 0) is 16.0 Å². The number of hydrogen-bond donors (Lipinski definition) is 1. The first-order chi connectivity index (χ1) is 19.0. The molecule has 3 aliphatic rings. The average molecular weight is 533 g/mol. The van der Waals surface area contributed by atoms with E-state index in [0.717, 1.165) is 42.5 Å². The van der Waals surface area contributed by atoms with Crippen molar-refractivity contribution >= 4 is 17.5 Å². The van der Waals surface area contributed by atoms with Crippen LogP contribution in [0.4, 0.5) is 0 Å². The molecule has 39 heavy (non-hydrogen) atoms. The Bertz CT molecular complexity index is 1190. The molecule has 2 fully saturated rings. The van der Waals surface area contributed by atoms with Gasteiger partial charge in [-0.3, -0.25) is 9.59 Å². The average Bonchev–Trinajstić information content (AvgIpc) is 2.97. The first-order valence-electron chi connectivity index (χ1n) is 14.2. The number of nitrogens with two attached hydrogens (primary N) is 1. The summed E-state index contributed by atoms with van der Waals surface area (Å²) in [6, 6.07) is 15.7. The Kier molecular flexibility index (Phi) is 8.50. The highest BCUT2D eigenvalue weighted by molar-refractivity contribution is 6.07. The Balaban J connectivity index is 1.28. The van der Waals surface area contributed by atoms with Crippen LogP contribution in [0.3, 0.4) is 0 Å². The van der Waals surface area contributed by atoms with E-state index >= 15 is 0 Å². The van der Waals surface area contributed by atoms with Gasteiger partial charge in [0.2, 0.25) is 11.8 Å². The smallest absolute Gasteiger partial charge is 0.246 e. The van der Waals surface area contributed by atoms with E-state index < -0.39 is 0 Å².